The van der Waals surface area contributed by atoms with Gasteiger partial charge in [0.1, 0.15) is 0 Å². The Bertz CT molecular complexity index is 426. The summed E-state index contributed by atoms with van der Waals surface area (Å²) in [6, 6.07) is 7.18. The molecule has 0 spiro atoms. The highest BCUT2D eigenvalue weighted by atomic mass is 16.1. The maximum Gasteiger partial charge on any atom is 0.248 e. The number of carbonyl (C=O) groups is 1. The van der Waals surface area contributed by atoms with Crippen LogP contribution in [0.4, 0.5) is 0 Å². The molecule has 0 fully saturated rings. The first-order valence-electron chi connectivity index (χ1n) is 6.58. The summed E-state index contributed by atoms with van der Waals surface area (Å²) in [7, 11) is 0. The van der Waals surface area contributed by atoms with Crippen molar-refractivity contribution in [2.24, 2.45) is 10.7 Å². The first-order valence-corrected chi connectivity index (χ1v) is 6.58. The second kappa shape index (κ2) is 8.13. The molecular formula is C14H22N4O. The van der Waals surface area contributed by atoms with Crippen LogP contribution in [0.2, 0.25) is 0 Å². The van der Waals surface area contributed by atoms with Crippen molar-refractivity contribution >= 4 is 11.9 Å². The molecule has 0 aliphatic heterocycles. The molecule has 1 aromatic rings. The van der Waals surface area contributed by atoms with Crippen LogP contribution in [0.25, 0.3) is 0 Å². The van der Waals surface area contributed by atoms with Crippen LogP contribution in [0.3, 0.4) is 0 Å². The minimum atomic E-state index is -0.409. The molecule has 0 unspecified atom stereocenters. The van der Waals surface area contributed by atoms with Gasteiger partial charge in [0, 0.05) is 18.7 Å². The largest absolute Gasteiger partial charge is 0.366 e. The molecule has 0 radical (unpaired) electrons. The highest BCUT2D eigenvalue weighted by Crippen LogP contribution is 2.05. The summed E-state index contributed by atoms with van der Waals surface area (Å²) in [6.45, 7) is 6.44. The van der Waals surface area contributed by atoms with Crippen molar-refractivity contribution in [1.29, 1.82) is 0 Å². The maximum absolute atomic E-state index is 11.0. The van der Waals surface area contributed by atoms with Crippen LogP contribution in [0.15, 0.2) is 29.3 Å². The average molecular weight is 262 g/mol. The van der Waals surface area contributed by atoms with Crippen LogP contribution in [0.5, 0.6) is 0 Å². The van der Waals surface area contributed by atoms with E-state index in [2.05, 4.69) is 22.5 Å². The Morgan fingerprint density at radius 3 is 2.42 bits per heavy atom. The van der Waals surface area contributed by atoms with Gasteiger partial charge < -0.3 is 16.4 Å². The second-order valence-electron chi connectivity index (χ2n) is 4.18. The van der Waals surface area contributed by atoms with Crippen LogP contribution >= 0.6 is 0 Å². The number of hydrogen-bond donors (Lipinski definition) is 3. The molecule has 0 bridgehead atoms. The van der Waals surface area contributed by atoms with E-state index < -0.39 is 5.91 Å². The lowest BCUT2D eigenvalue weighted by atomic mass is 10.1. The molecule has 0 aromatic heterocycles. The Morgan fingerprint density at radius 2 is 1.89 bits per heavy atom. The van der Waals surface area contributed by atoms with Gasteiger partial charge in [0.25, 0.3) is 0 Å². The molecule has 0 aliphatic carbocycles. The Labute approximate surface area is 114 Å². The quantitative estimate of drug-likeness (QED) is 0.533. The maximum atomic E-state index is 11.0. The van der Waals surface area contributed by atoms with Crippen LogP contribution in [0, 0.1) is 0 Å². The predicted molar refractivity (Wildman–Crippen MR) is 78.1 cm³/mol. The van der Waals surface area contributed by atoms with Gasteiger partial charge in [-0.05, 0) is 31.0 Å². The van der Waals surface area contributed by atoms with Gasteiger partial charge in [-0.3, -0.25) is 4.79 Å². The van der Waals surface area contributed by atoms with Gasteiger partial charge >= 0.3 is 0 Å². The molecule has 0 saturated carbocycles. The fourth-order valence-corrected chi connectivity index (χ4v) is 1.53. The van der Waals surface area contributed by atoms with Crippen molar-refractivity contribution in [1.82, 2.24) is 10.6 Å². The van der Waals surface area contributed by atoms with E-state index in [1.807, 2.05) is 19.1 Å². The number of rotatable bonds is 6. The zero-order valence-electron chi connectivity index (χ0n) is 11.6. The molecule has 104 valence electrons. The van der Waals surface area contributed by atoms with Gasteiger partial charge in [-0.25, -0.2) is 4.99 Å². The lowest BCUT2D eigenvalue weighted by molar-refractivity contribution is 0.100. The summed E-state index contributed by atoms with van der Waals surface area (Å²) < 4.78 is 0. The van der Waals surface area contributed by atoms with Crippen LogP contribution < -0.4 is 16.4 Å². The number of aliphatic imine (C=N–C) groups is 1. The number of nitrogens with two attached hydrogens (primary N) is 1. The monoisotopic (exact) mass is 262 g/mol. The molecule has 19 heavy (non-hydrogen) atoms. The summed E-state index contributed by atoms with van der Waals surface area (Å²) in [5, 5.41) is 6.42. The predicted octanol–water partition coefficient (Wildman–Crippen LogP) is 1.25. The van der Waals surface area contributed by atoms with E-state index in [0.29, 0.717) is 12.1 Å². The van der Waals surface area contributed by atoms with Crippen LogP contribution in [0.1, 0.15) is 36.2 Å². The van der Waals surface area contributed by atoms with Gasteiger partial charge in [0.05, 0.1) is 6.54 Å². The van der Waals surface area contributed by atoms with Gasteiger partial charge in [-0.1, -0.05) is 19.1 Å². The normalized spacial score (nSPS) is 11.2. The zero-order chi connectivity index (χ0) is 14.1. The third-order valence-electron chi connectivity index (χ3n) is 2.54. The number of carbonyl (C=O) groups excluding carboxylic acids is 1. The van der Waals surface area contributed by atoms with Crippen LogP contribution in [-0.4, -0.2) is 25.0 Å². The van der Waals surface area contributed by atoms with E-state index in [-0.39, 0.29) is 0 Å². The van der Waals surface area contributed by atoms with Gasteiger partial charge in [-0.15, -0.1) is 0 Å². The first-order chi connectivity index (χ1) is 9.17. The number of guanidine groups is 1. The fourth-order valence-electron chi connectivity index (χ4n) is 1.53. The topological polar surface area (TPSA) is 79.5 Å². The van der Waals surface area contributed by atoms with Crippen molar-refractivity contribution in [2.45, 2.75) is 26.8 Å². The molecule has 4 N–H and O–H groups in total. The molecule has 0 atom stereocenters. The summed E-state index contributed by atoms with van der Waals surface area (Å²) in [5.74, 6) is 0.399. The number of nitrogens with one attached hydrogen (secondary N) is 2. The minimum Gasteiger partial charge on any atom is -0.366 e. The third kappa shape index (κ3) is 5.42. The highest BCUT2D eigenvalue weighted by molar-refractivity contribution is 5.92. The lowest BCUT2D eigenvalue weighted by Gasteiger charge is -2.10. The number of primary amides is 1. The Hall–Kier alpha value is -2.04. The molecule has 0 heterocycles. The van der Waals surface area contributed by atoms with E-state index in [9.17, 15) is 4.79 Å². The van der Waals surface area contributed by atoms with E-state index >= 15 is 0 Å². The fraction of sp³-hybridized carbons (Fsp3) is 0.429. The number of amides is 1. The van der Waals surface area contributed by atoms with E-state index in [4.69, 9.17) is 5.73 Å². The van der Waals surface area contributed by atoms with Crippen molar-refractivity contribution < 1.29 is 4.79 Å². The second-order valence-corrected chi connectivity index (χ2v) is 4.18. The zero-order valence-corrected chi connectivity index (χ0v) is 11.6. The van der Waals surface area contributed by atoms with Crippen molar-refractivity contribution in [3.05, 3.63) is 35.4 Å². The highest BCUT2D eigenvalue weighted by Gasteiger charge is 2.00. The molecule has 1 aromatic carbocycles. The molecule has 5 nitrogen and oxygen atoms in total. The van der Waals surface area contributed by atoms with Gasteiger partial charge in [0.2, 0.25) is 5.91 Å². The first kappa shape index (κ1) is 15.0. The van der Waals surface area contributed by atoms with E-state index in [1.54, 1.807) is 12.1 Å². The summed E-state index contributed by atoms with van der Waals surface area (Å²) >= 11 is 0. The smallest absolute Gasteiger partial charge is 0.248 e. The average Bonchev–Trinajstić information content (AvgIpc) is 2.42. The van der Waals surface area contributed by atoms with Crippen LogP contribution in [-0.2, 0) is 6.54 Å². The molecule has 5 heteroatoms. The Morgan fingerprint density at radius 1 is 1.21 bits per heavy atom. The number of benzene rings is 1. The van der Waals surface area contributed by atoms with Crippen molar-refractivity contribution in [2.75, 3.05) is 13.1 Å². The standard InChI is InChI=1S/C14H22N4O/c1-3-9-17-14(16-4-2)18-10-11-5-7-12(8-6-11)13(15)19/h5-8H,3-4,9-10H2,1-2H3,(H2,15,19)(H2,16,17,18). The molecule has 0 saturated heterocycles. The minimum absolute atomic E-state index is 0.409. The summed E-state index contributed by atoms with van der Waals surface area (Å²) in [4.78, 5) is 15.4. The summed E-state index contributed by atoms with van der Waals surface area (Å²) in [6.07, 6.45) is 1.05. The Kier molecular flexibility index (Phi) is 6.43. The number of hydrogen-bond acceptors (Lipinski definition) is 2. The SMILES string of the molecule is CCCNC(=NCc1ccc(C(N)=O)cc1)NCC. The Balaban J connectivity index is 2.63. The van der Waals surface area contributed by atoms with Crippen molar-refractivity contribution in [3.8, 4) is 0 Å². The van der Waals surface area contributed by atoms with E-state index in [0.717, 1.165) is 31.0 Å². The molecule has 0 aliphatic rings. The lowest BCUT2D eigenvalue weighted by Crippen LogP contribution is -2.37. The molecular weight excluding hydrogens is 240 g/mol. The van der Waals surface area contributed by atoms with Crippen molar-refractivity contribution in [3.63, 3.8) is 0 Å². The molecule has 1 amide bonds. The molecule has 1 rings (SSSR count). The van der Waals surface area contributed by atoms with Gasteiger partial charge in [-0.2, -0.15) is 0 Å². The van der Waals surface area contributed by atoms with Gasteiger partial charge in [0.15, 0.2) is 5.96 Å². The van der Waals surface area contributed by atoms with E-state index in [1.165, 1.54) is 0 Å². The summed E-state index contributed by atoms with van der Waals surface area (Å²) in [5.41, 5.74) is 6.75. The number of nitrogens with zero attached hydrogens (tertiary/aromatic N) is 1. The third-order valence-corrected chi connectivity index (χ3v) is 2.54.